The molecule has 6 nitrogen and oxygen atoms in total. The summed E-state index contributed by atoms with van der Waals surface area (Å²) >= 11 is 0. The van der Waals surface area contributed by atoms with E-state index in [0.29, 0.717) is 25.3 Å². The van der Waals surface area contributed by atoms with Gasteiger partial charge < -0.3 is 15.2 Å². The fourth-order valence-corrected chi connectivity index (χ4v) is 4.59. The third-order valence-corrected chi connectivity index (χ3v) is 6.17. The molecule has 0 aliphatic carbocycles. The van der Waals surface area contributed by atoms with Crippen molar-refractivity contribution in [1.29, 1.82) is 0 Å². The molecule has 1 atom stereocenters. The van der Waals surface area contributed by atoms with Crippen LogP contribution in [-0.4, -0.2) is 40.0 Å². The third-order valence-electron chi connectivity index (χ3n) is 6.17. The number of halogens is 1. The zero-order chi connectivity index (χ0) is 22.6. The highest BCUT2D eigenvalue weighted by molar-refractivity contribution is 5.91. The van der Waals surface area contributed by atoms with E-state index in [-0.39, 0.29) is 17.8 Å². The Morgan fingerprint density at radius 3 is 2.70 bits per heavy atom. The van der Waals surface area contributed by atoms with Crippen LogP contribution in [0.1, 0.15) is 24.8 Å². The molecule has 0 spiro atoms. The summed E-state index contributed by atoms with van der Waals surface area (Å²) in [6.07, 6.45) is 6.40. The Labute approximate surface area is 191 Å². The van der Waals surface area contributed by atoms with Gasteiger partial charge in [0.05, 0.1) is 0 Å². The fraction of sp³-hybridized carbons (Fsp3) is 0.269. The van der Waals surface area contributed by atoms with Crippen molar-refractivity contribution < 1.29 is 9.18 Å². The second-order valence-electron chi connectivity index (χ2n) is 8.43. The number of aryl methyl sites for hydroxylation is 1. The maximum atomic E-state index is 13.4. The van der Waals surface area contributed by atoms with Crippen molar-refractivity contribution in [2.75, 3.05) is 18.0 Å². The summed E-state index contributed by atoms with van der Waals surface area (Å²) in [6.45, 7) is 1.61. The smallest absolute Gasteiger partial charge is 0.225 e. The minimum absolute atomic E-state index is 0.0335. The number of nitrogens with zero attached hydrogens (tertiary/aromatic N) is 3. The molecule has 1 unspecified atom stereocenters. The van der Waals surface area contributed by atoms with E-state index in [1.165, 1.54) is 12.1 Å². The van der Waals surface area contributed by atoms with Gasteiger partial charge >= 0.3 is 0 Å². The molecular formula is C26H26FN5O. The van der Waals surface area contributed by atoms with E-state index in [2.05, 4.69) is 31.2 Å². The largest absolute Gasteiger partial charge is 0.354 e. The van der Waals surface area contributed by atoms with E-state index in [0.717, 1.165) is 47.1 Å². The topological polar surface area (TPSA) is 73.9 Å². The lowest BCUT2D eigenvalue weighted by Gasteiger charge is -2.33. The number of aromatic nitrogens is 3. The number of anilines is 1. The molecule has 2 aromatic heterocycles. The van der Waals surface area contributed by atoms with E-state index >= 15 is 0 Å². The van der Waals surface area contributed by atoms with E-state index in [9.17, 15) is 9.18 Å². The zero-order valence-corrected chi connectivity index (χ0v) is 18.3. The Morgan fingerprint density at radius 2 is 1.88 bits per heavy atom. The zero-order valence-electron chi connectivity index (χ0n) is 18.3. The predicted octanol–water partition coefficient (Wildman–Crippen LogP) is 4.48. The molecule has 4 aromatic rings. The van der Waals surface area contributed by atoms with Gasteiger partial charge in [0.2, 0.25) is 11.9 Å². The van der Waals surface area contributed by atoms with Gasteiger partial charge in [0.15, 0.2) is 0 Å². The van der Waals surface area contributed by atoms with E-state index < -0.39 is 0 Å². The first-order valence-electron chi connectivity index (χ1n) is 11.3. The second-order valence-corrected chi connectivity index (χ2v) is 8.43. The number of benzene rings is 2. The third kappa shape index (κ3) is 4.72. The van der Waals surface area contributed by atoms with E-state index in [1.807, 2.05) is 18.2 Å². The number of para-hydroxylation sites is 1. The van der Waals surface area contributed by atoms with E-state index in [1.54, 1.807) is 30.6 Å². The van der Waals surface area contributed by atoms with Gasteiger partial charge in [-0.3, -0.25) is 4.79 Å². The van der Waals surface area contributed by atoms with Crippen molar-refractivity contribution in [3.8, 4) is 11.3 Å². The summed E-state index contributed by atoms with van der Waals surface area (Å²) in [5, 5.41) is 4.29. The Hall–Kier alpha value is -3.74. The van der Waals surface area contributed by atoms with Gasteiger partial charge in [-0.15, -0.1) is 0 Å². The average molecular weight is 444 g/mol. The average Bonchev–Trinajstić information content (AvgIpc) is 3.22. The Kier molecular flexibility index (Phi) is 6.02. The minimum atomic E-state index is -0.266. The number of H-pyrrole nitrogens is 1. The fourth-order valence-electron chi connectivity index (χ4n) is 4.59. The highest BCUT2D eigenvalue weighted by atomic mass is 19.1. The number of piperidine rings is 1. The van der Waals surface area contributed by atoms with Gasteiger partial charge in [0.25, 0.3) is 0 Å². The number of carbonyl (C=O) groups excluding carboxylic acids is 1. The van der Waals surface area contributed by atoms with Crippen LogP contribution in [0, 0.1) is 5.82 Å². The number of nitrogens with one attached hydrogen (secondary N) is 2. The van der Waals surface area contributed by atoms with Crippen molar-refractivity contribution in [2.24, 2.45) is 0 Å². The van der Waals surface area contributed by atoms with Crippen LogP contribution in [0.5, 0.6) is 0 Å². The number of fused-ring (bicyclic) bond motifs is 1. The number of hydrogen-bond donors (Lipinski definition) is 2. The lowest BCUT2D eigenvalue weighted by atomic mass is 10.0. The Morgan fingerprint density at radius 1 is 1.09 bits per heavy atom. The lowest BCUT2D eigenvalue weighted by molar-refractivity contribution is -0.121. The maximum Gasteiger partial charge on any atom is 0.225 e. The molecule has 1 aliphatic rings. The summed E-state index contributed by atoms with van der Waals surface area (Å²) in [6, 6.07) is 16.4. The maximum absolute atomic E-state index is 13.4. The first-order chi connectivity index (χ1) is 16.2. The first-order valence-corrected chi connectivity index (χ1v) is 11.3. The molecule has 1 aliphatic heterocycles. The summed E-state index contributed by atoms with van der Waals surface area (Å²) in [5.41, 5.74) is 3.94. The molecular weight excluding hydrogens is 417 g/mol. The van der Waals surface area contributed by atoms with Crippen LogP contribution < -0.4 is 10.2 Å². The second kappa shape index (κ2) is 9.40. The van der Waals surface area contributed by atoms with Crippen LogP contribution in [-0.2, 0) is 11.2 Å². The predicted molar refractivity (Wildman–Crippen MR) is 127 cm³/mol. The molecule has 5 rings (SSSR count). The highest BCUT2D eigenvalue weighted by Gasteiger charge is 2.23. The molecule has 2 aromatic carbocycles. The van der Waals surface area contributed by atoms with Crippen molar-refractivity contribution in [3.63, 3.8) is 0 Å². The molecule has 1 saturated heterocycles. The lowest BCUT2D eigenvalue weighted by Crippen LogP contribution is -2.48. The van der Waals surface area contributed by atoms with Crippen molar-refractivity contribution in [2.45, 2.75) is 31.7 Å². The number of amides is 1. The molecule has 7 heteroatoms. The molecule has 33 heavy (non-hydrogen) atoms. The monoisotopic (exact) mass is 443 g/mol. The van der Waals surface area contributed by atoms with Crippen molar-refractivity contribution >= 4 is 22.8 Å². The van der Waals surface area contributed by atoms with Gasteiger partial charge in [0.1, 0.15) is 5.82 Å². The number of aromatic amines is 1. The van der Waals surface area contributed by atoms with Crippen molar-refractivity contribution in [1.82, 2.24) is 20.3 Å². The normalized spacial score (nSPS) is 16.2. The summed E-state index contributed by atoms with van der Waals surface area (Å²) < 4.78 is 13.4. The minimum Gasteiger partial charge on any atom is -0.354 e. The molecule has 1 fully saturated rings. The van der Waals surface area contributed by atoms with Crippen LogP contribution in [0.2, 0.25) is 0 Å². The van der Waals surface area contributed by atoms with Crippen LogP contribution >= 0.6 is 0 Å². The summed E-state index contributed by atoms with van der Waals surface area (Å²) in [7, 11) is 0. The SMILES string of the molecule is O=C(CCc1c(-c2ccc(F)cc2)[nH]c2ccccc12)NC1CCCN(c2ncccn2)C1. The van der Waals surface area contributed by atoms with Crippen molar-refractivity contribution in [3.05, 3.63) is 78.4 Å². The Bertz CT molecular complexity index is 1240. The first kappa shape index (κ1) is 21.1. The number of hydrogen-bond acceptors (Lipinski definition) is 4. The molecule has 0 radical (unpaired) electrons. The van der Waals surface area contributed by atoms with Gasteiger partial charge in [-0.1, -0.05) is 18.2 Å². The van der Waals surface area contributed by atoms with Crippen LogP contribution in [0.25, 0.3) is 22.2 Å². The number of carbonyl (C=O) groups is 1. The van der Waals surface area contributed by atoms with Crippen LogP contribution in [0.4, 0.5) is 10.3 Å². The number of rotatable bonds is 6. The quantitative estimate of drug-likeness (QED) is 0.461. The summed E-state index contributed by atoms with van der Waals surface area (Å²) in [4.78, 5) is 27.1. The van der Waals surface area contributed by atoms with Gasteiger partial charge in [-0.2, -0.15) is 0 Å². The highest BCUT2D eigenvalue weighted by Crippen LogP contribution is 2.31. The van der Waals surface area contributed by atoms with Gasteiger partial charge in [-0.25, -0.2) is 14.4 Å². The van der Waals surface area contributed by atoms with Gasteiger partial charge in [-0.05, 0) is 66.8 Å². The standard InChI is InChI=1S/C26H26FN5O/c27-19-10-8-18(9-11-19)25-22(21-6-1-2-7-23(21)31-25)12-13-24(33)30-20-5-3-16-32(17-20)26-28-14-4-15-29-26/h1-2,4,6-11,14-15,20,31H,3,5,12-13,16-17H2,(H,30,33). The molecule has 0 saturated carbocycles. The Balaban J connectivity index is 1.28. The molecule has 1 amide bonds. The molecule has 168 valence electrons. The summed E-state index contributed by atoms with van der Waals surface area (Å²) in [5.74, 6) is 0.476. The van der Waals surface area contributed by atoms with E-state index in [4.69, 9.17) is 0 Å². The van der Waals surface area contributed by atoms with Crippen LogP contribution in [0.15, 0.2) is 67.0 Å². The molecule has 0 bridgehead atoms. The molecule has 2 N–H and O–H groups in total. The van der Waals surface area contributed by atoms with Crippen LogP contribution in [0.3, 0.4) is 0 Å². The van der Waals surface area contributed by atoms with Gasteiger partial charge in [0, 0.05) is 54.5 Å². The molecule has 3 heterocycles.